The highest BCUT2D eigenvalue weighted by Crippen LogP contribution is 2.33. The van der Waals surface area contributed by atoms with E-state index in [4.69, 9.17) is 0 Å². The molecule has 0 aromatic heterocycles. The number of hydrogen-bond acceptors (Lipinski definition) is 3. The molecule has 2 N–H and O–H groups in total. The fourth-order valence-electron chi connectivity index (χ4n) is 2.54. The van der Waals surface area contributed by atoms with E-state index in [9.17, 15) is 19.5 Å². The average Bonchev–Trinajstić information content (AvgIpc) is 2.71. The fraction of sp³-hybridized carbons (Fsp3) is 0.750. The topological polar surface area (TPSA) is 86.7 Å². The number of rotatable bonds is 4. The van der Waals surface area contributed by atoms with Crippen LogP contribution in [0.25, 0.3) is 0 Å². The maximum absolute atomic E-state index is 12.2. The molecule has 2 amide bonds. The lowest BCUT2D eigenvalue weighted by Gasteiger charge is -2.35. The molecule has 0 bridgehead atoms. The molecule has 6 nitrogen and oxygen atoms in total. The molecule has 1 rings (SSSR count). The van der Waals surface area contributed by atoms with Crippen molar-refractivity contribution in [2.24, 2.45) is 0 Å². The summed E-state index contributed by atoms with van der Waals surface area (Å²) in [5, 5.41) is 11.9. The van der Waals surface area contributed by atoms with Crippen LogP contribution in [-0.2, 0) is 14.4 Å². The van der Waals surface area contributed by atoms with Crippen LogP contribution in [0.5, 0.6) is 0 Å². The summed E-state index contributed by atoms with van der Waals surface area (Å²) in [6.45, 7) is 5.11. The maximum atomic E-state index is 12.2. The summed E-state index contributed by atoms with van der Waals surface area (Å²) in [5.41, 5.74) is -1.11. The maximum Gasteiger partial charge on any atom is 0.329 e. The van der Waals surface area contributed by atoms with E-state index in [0.717, 1.165) is 0 Å². The van der Waals surface area contributed by atoms with E-state index in [-0.39, 0.29) is 11.8 Å². The monoisotopic (exact) mass is 256 g/mol. The Balaban J connectivity index is 2.90. The molecule has 1 heterocycles. The minimum atomic E-state index is -1.11. The Hall–Kier alpha value is -1.59. The number of amides is 2. The molecule has 1 fully saturated rings. The van der Waals surface area contributed by atoms with Gasteiger partial charge in [0.2, 0.25) is 11.8 Å². The van der Waals surface area contributed by atoms with Crippen LogP contribution in [0.4, 0.5) is 0 Å². The highest BCUT2D eigenvalue weighted by Gasteiger charge is 2.49. The van der Waals surface area contributed by atoms with Gasteiger partial charge in [-0.25, -0.2) is 4.79 Å². The van der Waals surface area contributed by atoms with Crippen LogP contribution in [0.1, 0.15) is 40.0 Å². The summed E-state index contributed by atoms with van der Waals surface area (Å²) in [5.74, 6) is -1.59. The molecule has 0 radical (unpaired) electrons. The lowest BCUT2D eigenvalue weighted by Crippen LogP contribution is -2.57. The first kappa shape index (κ1) is 14.5. The van der Waals surface area contributed by atoms with Crippen molar-refractivity contribution < 1.29 is 19.5 Å². The van der Waals surface area contributed by atoms with Crippen molar-refractivity contribution in [3.63, 3.8) is 0 Å². The number of hydrogen-bond donors (Lipinski definition) is 2. The highest BCUT2D eigenvalue weighted by atomic mass is 16.4. The number of likely N-dealkylation sites (tertiary alicyclic amines) is 1. The second kappa shape index (κ2) is 5.37. The molecule has 1 aliphatic rings. The second-order valence-corrected chi connectivity index (χ2v) is 4.71. The molecular weight excluding hydrogens is 236 g/mol. The van der Waals surface area contributed by atoms with Gasteiger partial charge in [0.15, 0.2) is 0 Å². The molecule has 0 saturated carbocycles. The zero-order valence-corrected chi connectivity index (χ0v) is 11.0. The van der Waals surface area contributed by atoms with Crippen LogP contribution in [0.3, 0.4) is 0 Å². The minimum Gasteiger partial charge on any atom is -0.479 e. The van der Waals surface area contributed by atoms with E-state index in [1.165, 1.54) is 11.8 Å². The molecule has 6 heteroatoms. The van der Waals surface area contributed by atoms with Crippen LogP contribution in [0.15, 0.2) is 0 Å². The van der Waals surface area contributed by atoms with E-state index in [1.54, 1.807) is 13.8 Å². The Bertz CT molecular complexity index is 369. The Kier molecular flexibility index (Phi) is 4.32. The number of aliphatic carboxylic acids is 1. The van der Waals surface area contributed by atoms with Gasteiger partial charge in [0, 0.05) is 13.5 Å². The van der Waals surface area contributed by atoms with Crippen molar-refractivity contribution in [1.29, 1.82) is 0 Å². The normalized spacial score (nSPS) is 24.7. The molecule has 0 aromatic rings. The zero-order valence-electron chi connectivity index (χ0n) is 11.0. The van der Waals surface area contributed by atoms with Gasteiger partial charge in [0.25, 0.3) is 0 Å². The van der Waals surface area contributed by atoms with E-state index < -0.39 is 17.6 Å². The molecular formula is C12H20N2O4. The fourth-order valence-corrected chi connectivity index (χ4v) is 2.54. The first-order valence-electron chi connectivity index (χ1n) is 6.17. The zero-order chi connectivity index (χ0) is 13.9. The smallest absolute Gasteiger partial charge is 0.329 e. The Labute approximate surface area is 106 Å². The lowest BCUT2D eigenvalue weighted by molar-refractivity contribution is -0.157. The highest BCUT2D eigenvalue weighted by molar-refractivity contribution is 5.92. The van der Waals surface area contributed by atoms with Crippen molar-refractivity contribution in [2.45, 2.75) is 51.6 Å². The summed E-state index contributed by atoms with van der Waals surface area (Å²) in [7, 11) is 0. The van der Waals surface area contributed by atoms with Crippen molar-refractivity contribution in [2.75, 3.05) is 6.54 Å². The number of nitrogens with zero attached hydrogens (tertiary/aromatic N) is 1. The predicted octanol–water partition coefficient (Wildman–Crippen LogP) is 0.367. The minimum absolute atomic E-state index is 0.299. The SMILES string of the molecule is CCC1(C(=O)O)CCCN1C(=O)C(C)NC(C)=O. The average molecular weight is 256 g/mol. The van der Waals surface area contributed by atoms with Crippen LogP contribution in [0.2, 0.25) is 0 Å². The van der Waals surface area contributed by atoms with E-state index in [2.05, 4.69) is 5.32 Å². The van der Waals surface area contributed by atoms with E-state index >= 15 is 0 Å². The molecule has 0 aromatic carbocycles. The van der Waals surface area contributed by atoms with Crippen LogP contribution in [-0.4, -0.2) is 45.9 Å². The summed E-state index contributed by atoms with van der Waals surface area (Å²) in [4.78, 5) is 36.0. The number of carbonyl (C=O) groups is 3. The summed E-state index contributed by atoms with van der Waals surface area (Å²) < 4.78 is 0. The Morgan fingerprint density at radius 1 is 1.44 bits per heavy atom. The number of carboxylic acid groups (broad SMARTS) is 1. The lowest BCUT2D eigenvalue weighted by atomic mass is 9.92. The number of carboxylic acids is 1. The summed E-state index contributed by atoms with van der Waals surface area (Å²) in [6.07, 6.45) is 1.52. The van der Waals surface area contributed by atoms with E-state index in [0.29, 0.717) is 25.8 Å². The molecule has 1 aliphatic heterocycles. The predicted molar refractivity (Wildman–Crippen MR) is 64.9 cm³/mol. The van der Waals surface area contributed by atoms with Crippen LogP contribution in [0, 0.1) is 0 Å². The quantitative estimate of drug-likeness (QED) is 0.760. The standard InChI is InChI=1S/C12H20N2O4/c1-4-12(11(17)18)6-5-7-14(12)10(16)8(2)13-9(3)15/h8H,4-7H2,1-3H3,(H,13,15)(H,17,18). The first-order chi connectivity index (χ1) is 8.35. The Morgan fingerprint density at radius 2 is 2.06 bits per heavy atom. The van der Waals surface area contributed by atoms with Crippen molar-refractivity contribution in [3.8, 4) is 0 Å². The van der Waals surface area contributed by atoms with Gasteiger partial charge in [0.05, 0.1) is 0 Å². The van der Waals surface area contributed by atoms with Gasteiger partial charge in [-0.15, -0.1) is 0 Å². The van der Waals surface area contributed by atoms with Crippen LogP contribution < -0.4 is 5.32 Å². The third kappa shape index (κ3) is 2.47. The van der Waals surface area contributed by atoms with E-state index in [1.807, 2.05) is 0 Å². The van der Waals surface area contributed by atoms with Gasteiger partial charge < -0.3 is 15.3 Å². The van der Waals surface area contributed by atoms with Gasteiger partial charge in [0.1, 0.15) is 11.6 Å². The third-order valence-corrected chi connectivity index (χ3v) is 3.53. The second-order valence-electron chi connectivity index (χ2n) is 4.71. The van der Waals surface area contributed by atoms with Gasteiger partial charge in [-0.3, -0.25) is 9.59 Å². The Morgan fingerprint density at radius 3 is 2.50 bits per heavy atom. The largest absolute Gasteiger partial charge is 0.479 e. The molecule has 0 spiro atoms. The van der Waals surface area contributed by atoms with Gasteiger partial charge in [-0.1, -0.05) is 6.92 Å². The molecule has 1 saturated heterocycles. The van der Waals surface area contributed by atoms with Gasteiger partial charge in [-0.2, -0.15) is 0 Å². The molecule has 102 valence electrons. The van der Waals surface area contributed by atoms with Crippen molar-refractivity contribution in [3.05, 3.63) is 0 Å². The molecule has 2 unspecified atom stereocenters. The van der Waals surface area contributed by atoms with Gasteiger partial charge in [-0.05, 0) is 26.2 Å². The third-order valence-electron chi connectivity index (χ3n) is 3.53. The summed E-state index contributed by atoms with van der Waals surface area (Å²) >= 11 is 0. The number of nitrogens with one attached hydrogen (secondary N) is 1. The first-order valence-corrected chi connectivity index (χ1v) is 6.17. The molecule has 18 heavy (non-hydrogen) atoms. The van der Waals surface area contributed by atoms with Gasteiger partial charge >= 0.3 is 5.97 Å². The summed E-state index contributed by atoms with van der Waals surface area (Å²) in [6, 6.07) is -0.689. The van der Waals surface area contributed by atoms with Crippen molar-refractivity contribution >= 4 is 17.8 Å². The molecule has 2 atom stereocenters. The van der Waals surface area contributed by atoms with Crippen molar-refractivity contribution in [1.82, 2.24) is 10.2 Å². The van der Waals surface area contributed by atoms with Crippen LogP contribution >= 0.6 is 0 Å². The molecule has 0 aliphatic carbocycles. The number of carbonyl (C=O) groups excluding carboxylic acids is 2.